The van der Waals surface area contributed by atoms with E-state index in [1.807, 2.05) is 24.3 Å². The first kappa shape index (κ1) is 17.0. The van der Waals surface area contributed by atoms with Crippen molar-refractivity contribution in [3.63, 3.8) is 0 Å². The minimum Gasteiger partial charge on any atom is -0.481 e. The molecule has 0 aliphatic rings. The summed E-state index contributed by atoms with van der Waals surface area (Å²) in [5.41, 5.74) is 1.40. The Morgan fingerprint density at radius 1 is 1.19 bits per heavy atom. The zero-order chi connectivity index (χ0) is 15.9. The molecule has 5 nitrogen and oxygen atoms in total. The van der Waals surface area contributed by atoms with Crippen molar-refractivity contribution in [3.05, 3.63) is 29.8 Å². The van der Waals surface area contributed by atoms with Gasteiger partial charge in [0.1, 0.15) is 0 Å². The van der Waals surface area contributed by atoms with Crippen molar-refractivity contribution in [1.82, 2.24) is 5.32 Å². The highest BCUT2D eigenvalue weighted by atomic mass is 16.4. The standard InChI is InChI=1S/C16H24N2O3/c1-4-5-12-6-8-13(9-7-12)17-15(21)18-16(2,3)11-10-14(19)20/h6-9H,4-5,10-11H2,1-3H3,(H,19,20)(H2,17,18,21). The quantitative estimate of drug-likeness (QED) is 0.720. The number of carbonyl (C=O) groups is 2. The fourth-order valence-corrected chi connectivity index (χ4v) is 2.00. The zero-order valence-electron chi connectivity index (χ0n) is 12.9. The Labute approximate surface area is 125 Å². The molecule has 1 rings (SSSR count). The first-order valence-corrected chi connectivity index (χ1v) is 7.22. The summed E-state index contributed by atoms with van der Waals surface area (Å²) in [7, 11) is 0. The molecule has 0 bridgehead atoms. The van der Waals surface area contributed by atoms with E-state index in [0.29, 0.717) is 6.42 Å². The maximum atomic E-state index is 11.9. The molecule has 1 aromatic carbocycles. The number of benzene rings is 1. The Morgan fingerprint density at radius 3 is 2.33 bits per heavy atom. The van der Waals surface area contributed by atoms with Crippen LogP contribution in [0, 0.1) is 0 Å². The molecule has 2 amide bonds. The lowest BCUT2D eigenvalue weighted by molar-refractivity contribution is -0.137. The van der Waals surface area contributed by atoms with Crippen LogP contribution in [0.5, 0.6) is 0 Å². The molecule has 0 saturated heterocycles. The van der Waals surface area contributed by atoms with Crippen LogP contribution in [0.2, 0.25) is 0 Å². The van der Waals surface area contributed by atoms with Gasteiger partial charge in [-0.1, -0.05) is 25.5 Å². The van der Waals surface area contributed by atoms with Crippen molar-refractivity contribution >= 4 is 17.7 Å². The Morgan fingerprint density at radius 2 is 1.81 bits per heavy atom. The summed E-state index contributed by atoms with van der Waals surface area (Å²) in [5.74, 6) is -0.864. The number of rotatable bonds is 7. The second-order valence-corrected chi connectivity index (χ2v) is 5.80. The number of urea groups is 1. The number of carboxylic acid groups (broad SMARTS) is 1. The molecule has 0 aliphatic carbocycles. The normalized spacial score (nSPS) is 11.0. The van der Waals surface area contributed by atoms with Crippen LogP contribution in [0.15, 0.2) is 24.3 Å². The Bertz CT molecular complexity index is 481. The van der Waals surface area contributed by atoms with Gasteiger partial charge in [0, 0.05) is 17.6 Å². The molecule has 0 saturated carbocycles. The van der Waals surface area contributed by atoms with Gasteiger partial charge < -0.3 is 15.7 Å². The Kier molecular flexibility index (Phi) is 6.21. The van der Waals surface area contributed by atoms with E-state index in [4.69, 9.17) is 5.11 Å². The number of amides is 2. The molecule has 0 radical (unpaired) electrons. The maximum Gasteiger partial charge on any atom is 0.319 e. The van der Waals surface area contributed by atoms with Crippen molar-refractivity contribution < 1.29 is 14.7 Å². The summed E-state index contributed by atoms with van der Waals surface area (Å²) in [6, 6.07) is 7.40. The van der Waals surface area contributed by atoms with E-state index in [1.54, 1.807) is 13.8 Å². The van der Waals surface area contributed by atoms with Crippen LogP contribution in [-0.2, 0) is 11.2 Å². The lowest BCUT2D eigenvalue weighted by Crippen LogP contribution is -2.45. The topological polar surface area (TPSA) is 78.4 Å². The molecule has 3 N–H and O–H groups in total. The van der Waals surface area contributed by atoms with E-state index in [2.05, 4.69) is 17.6 Å². The SMILES string of the molecule is CCCc1ccc(NC(=O)NC(C)(C)CCC(=O)O)cc1. The predicted molar refractivity (Wildman–Crippen MR) is 83.5 cm³/mol. The van der Waals surface area contributed by atoms with Crippen LogP contribution in [-0.4, -0.2) is 22.6 Å². The van der Waals surface area contributed by atoms with E-state index in [1.165, 1.54) is 5.56 Å². The summed E-state index contributed by atoms with van der Waals surface area (Å²) in [4.78, 5) is 22.5. The van der Waals surface area contributed by atoms with Crippen molar-refractivity contribution in [2.45, 2.75) is 52.0 Å². The second kappa shape index (κ2) is 7.67. The van der Waals surface area contributed by atoms with Gasteiger partial charge in [0.25, 0.3) is 0 Å². The molecule has 0 fully saturated rings. The number of carboxylic acids is 1. The van der Waals surface area contributed by atoms with Gasteiger partial charge in [-0.05, 0) is 44.4 Å². The van der Waals surface area contributed by atoms with Gasteiger partial charge in [0.05, 0.1) is 0 Å². The number of hydrogen-bond acceptors (Lipinski definition) is 2. The molecule has 0 unspecified atom stereocenters. The van der Waals surface area contributed by atoms with Crippen LogP contribution in [0.4, 0.5) is 10.5 Å². The number of hydrogen-bond donors (Lipinski definition) is 3. The molecule has 0 atom stereocenters. The number of anilines is 1. The fraction of sp³-hybridized carbons (Fsp3) is 0.500. The third kappa shape index (κ3) is 6.79. The molecule has 5 heteroatoms. The van der Waals surface area contributed by atoms with Crippen LogP contribution >= 0.6 is 0 Å². The molecule has 0 aromatic heterocycles. The van der Waals surface area contributed by atoms with Crippen molar-refractivity contribution in [2.75, 3.05) is 5.32 Å². The van der Waals surface area contributed by atoms with Gasteiger partial charge in [-0.25, -0.2) is 4.79 Å². The number of carbonyl (C=O) groups excluding carboxylic acids is 1. The summed E-state index contributed by atoms with van der Waals surface area (Å²) >= 11 is 0. The molecule has 0 heterocycles. The van der Waals surface area contributed by atoms with Gasteiger partial charge >= 0.3 is 12.0 Å². The Balaban J connectivity index is 2.50. The molecule has 21 heavy (non-hydrogen) atoms. The van der Waals surface area contributed by atoms with Gasteiger partial charge in [-0.15, -0.1) is 0 Å². The highest BCUT2D eigenvalue weighted by molar-refractivity contribution is 5.89. The zero-order valence-corrected chi connectivity index (χ0v) is 12.9. The second-order valence-electron chi connectivity index (χ2n) is 5.80. The Hall–Kier alpha value is -2.04. The number of aliphatic carboxylic acids is 1. The van der Waals surface area contributed by atoms with E-state index in [-0.39, 0.29) is 12.5 Å². The van der Waals surface area contributed by atoms with Gasteiger partial charge in [-0.3, -0.25) is 4.79 Å². The lowest BCUT2D eigenvalue weighted by atomic mass is 9.99. The minimum atomic E-state index is -0.864. The summed E-state index contributed by atoms with van der Waals surface area (Å²) in [6.07, 6.45) is 2.52. The summed E-state index contributed by atoms with van der Waals surface area (Å²) < 4.78 is 0. The maximum absolute atomic E-state index is 11.9. The first-order valence-electron chi connectivity index (χ1n) is 7.22. The third-order valence-electron chi connectivity index (χ3n) is 3.17. The van der Waals surface area contributed by atoms with Gasteiger partial charge in [0.2, 0.25) is 0 Å². The third-order valence-corrected chi connectivity index (χ3v) is 3.17. The van der Waals surface area contributed by atoms with E-state index in [0.717, 1.165) is 18.5 Å². The fourth-order valence-electron chi connectivity index (χ4n) is 2.00. The number of nitrogens with one attached hydrogen (secondary N) is 2. The van der Waals surface area contributed by atoms with Crippen molar-refractivity contribution in [1.29, 1.82) is 0 Å². The molecule has 116 valence electrons. The van der Waals surface area contributed by atoms with Gasteiger partial charge in [0.15, 0.2) is 0 Å². The number of aryl methyl sites for hydroxylation is 1. The van der Waals surface area contributed by atoms with E-state index in [9.17, 15) is 9.59 Å². The average Bonchev–Trinajstić information content (AvgIpc) is 2.38. The van der Waals surface area contributed by atoms with Crippen molar-refractivity contribution in [2.24, 2.45) is 0 Å². The molecule has 0 aliphatic heterocycles. The van der Waals surface area contributed by atoms with Crippen LogP contribution in [0.1, 0.15) is 45.6 Å². The average molecular weight is 292 g/mol. The highest BCUT2D eigenvalue weighted by Gasteiger charge is 2.21. The van der Waals surface area contributed by atoms with E-state index >= 15 is 0 Å². The van der Waals surface area contributed by atoms with Crippen molar-refractivity contribution in [3.8, 4) is 0 Å². The molecule has 1 aromatic rings. The van der Waals surface area contributed by atoms with Crippen LogP contribution in [0.25, 0.3) is 0 Å². The van der Waals surface area contributed by atoms with Gasteiger partial charge in [-0.2, -0.15) is 0 Å². The predicted octanol–water partition coefficient (Wildman–Crippen LogP) is 3.40. The smallest absolute Gasteiger partial charge is 0.319 e. The van der Waals surface area contributed by atoms with E-state index < -0.39 is 11.5 Å². The molecular weight excluding hydrogens is 268 g/mol. The highest BCUT2D eigenvalue weighted by Crippen LogP contribution is 2.14. The monoisotopic (exact) mass is 292 g/mol. The molecular formula is C16H24N2O3. The minimum absolute atomic E-state index is 0.0268. The molecule has 0 spiro atoms. The van der Waals surface area contributed by atoms with Crippen LogP contribution < -0.4 is 10.6 Å². The summed E-state index contributed by atoms with van der Waals surface area (Å²) in [5, 5.41) is 14.2. The van der Waals surface area contributed by atoms with Crippen LogP contribution in [0.3, 0.4) is 0 Å². The first-order chi connectivity index (χ1) is 9.82. The lowest BCUT2D eigenvalue weighted by Gasteiger charge is -2.25. The summed E-state index contributed by atoms with van der Waals surface area (Å²) in [6.45, 7) is 5.73. The largest absolute Gasteiger partial charge is 0.481 e.